The summed E-state index contributed by atoms with van der Waals surface area (Å²) in [5.74, 6) is 1.45. The molecule has 5 nitrogen and oxygen atoms in total. The zero-order valence-electron chi connectivity index (χ0n) is 11.4. The molecule has 0 amide bonds. The van der Waals surface area contributed by atoms with Gasteiger partial charge < -0.3 is 15.0 Å². The molecular weight excluding hydrogens is 228 g/mol. The lowest BCUT2D eigenvalue weighted by molar-refractivity contribution is 0.395. The number of methoxy groups -OCH3 is 1. The molecule has 100 valence electrons. The van der Waals surface area contributed by atoms with Gasteiger partial charge in [0.15, 0.2) is 5.82 Å². The largest absolute Gasteiger partial charge is 0.480 e. The first-order chi connectivity index (χ1) is 8.70. The zero-order chi connectivity index (χ0) is 13.0. The second-order valence-corrected chi connectivity index (χ2v) is 4.96. The summed E-state index contributed by atoms with van der Waals surface area (Å²) in [6, 6.07) is 0.953. The van der Waals surface area contributed by atoms with Crippen LogP contribution in [-0.4, -0.2) is 42.3 Å². The molecule has 0 radical (unpaired) electrons. The topological polar surface area (TPSA) is 50.3 Å². The van der Waals surface area contributed by atoms with Gasteiger partial charge in [-0.2, -0.15) is 4.98 Å². The van der Waals surface area contributed by atoms with Crippen molar-refractivity contribution in [2.45, 2.75) is 38.8 Å². The zero-order valence-corrected chi connectivity index (χ0v) is 11.4. The molecule has 0 aliphatic carbocycles. The minimum absolute atomic E-state index is 0.397. The van der Waals surface area contributed by atoms with Gasteiger partial charge in [0.1, 0.15) is 0 Å². The van der Waals surface area contributed by atoms with Crippen LogP contribution >= 0.6 is 0 Å². The Morgan fingerprint density at radius 3 is 2.94 bits per heavy atom. The number of nitrogens with zero attached hydrogens (tertiary/aromatic N) is 3. The predicted octanol–water partition coefficient (Wildman–Crippen LogP) is 1.45. The number of rotatable bonds is 5. The van der Waals surface area contributed by atoms with Crippen molar-refractivity contribution >= 4 is 5.82 Å². The summed E-state index contributed by atoms with van der Waals surface area (Å²) in [6.07, 6.45) is 5.94. The number of hydrogen-bond donors (Lipinski definition) is 1. The molecule has 1 aliphatic heterocycles. The Hall–Kier alpha value is -1.36. The Morgan fingerprint density at radius 2 is 2.33 bits per heavy atom. The lowest BCUT2D eigenvalue weighted by Gasteiger charge is -2.30. The van der Waals surface area contributed by atoms with Gasteiger partial charge >= 0.3 is 0 Å². The van der Waals surface area contributed by atoms with Gasteiger partial charge in [0.25, 0.3) is 0 Å². The van der Waals surface area contributed by atoms with Crippen LogP contribution in [0, 0.1) is 0 Å². The van der Waals surface area contributed by atoms with Crippen molar-refractivity contribution < 1.29 is 4.74 Å². The molecule has 18 heavy (non-hydrogen) atoms. The average molecular weight is 250 g/mol. The fourth-order valence-electron chi connectivity index (χ4n) is 2.29. The van der Waals surface area contributed by atoms with Crippen LogP contribution in [0.15, 0.2) is 12.4 Å². The van der Waals surface area contributed by atoms with Crippen LogP contribution in [0.1, 0.15) is 26.7 Å². The molecule has 2 rings (SSSR count). The Kier molecular flexibility index (Phi) is 4.36. The lowest BCUT2D eigenvalue weighted by Crippen LogP contribution is -2.41. The van der Waals surface area contributed by atoms with Crippen LogP contribution in [-0.2, 0) is 0 Å². The minimum atomic E-state index is 0.397. The van der Waals surface area contributed by atoms with Gasteiger partial charge in [-0.25, -0.2) is 0 Å². The molecule has 0 bridgehead atoms. The van der Waals surface area contributed by atoms with Crippen molar-refractivity contribution in [1.29, 1.82) is 0 Å². The highest BCUT2D eigenvalue weighted by Gasteiger charge is 2.21. The molecule has 1 N–H and O–H groups in total. The third kappa shape index (κ3) is 3.10. The number of anilines is 1. The highest BCUT2D eigenvalue weighted by Crippen LogP contribution is 2.18. The van der Waals surface area contributed by atoms with Crippen LogP contribution in [0.5, 0.6) is 5.88 Å². The number of nitrogens with one attached hydrogen (secondary N) is 1. The summed E-state index contributed by atoms with van der Waals surface area (Å²) in [4.78, 5) is 10.9. The van der Waals surface area contributed by atoms with Crippen molar-refractivity contribution in [3.05, 3.63) is 12.4 Å². The second kappa shape index (κ2) is 6.00. The van der Waals surface area contributed by atoms with E-state index in [9.17, 15) is 0 Å². The number of hydrogen-bond acceptors (Lipinski definition) is 5. The number of ether oxygens (including phenoxy) is 1. The monoisotopic (exact) mass is 250 g/mol. The molecule has 0 spiro atoms. The van der Waals surface area contributed by atoms with Crippen molar-refractivity contribution in [2.24, 2.45) is 0 Å². The fourth-order valence-corrected chi connectivity index (χ4v) is 2.29. The molecule has 1 saturated heterocycles. The Morgan fingerprint density at radius 1 is 1.50 bits per heavy atom. The average Bonchev–Trinajstić information content (AvgIpc) is 2.88. The quantitative estimate of drug-likeness (QED) is 0.857. The van der Waals surface area contributed by atoms with Gasteiger partial charge in [-0.1, -0.05) is 0 Å². The van der Waals surface area contributed by atoms with Crippen molar-refractivity contribution in [1.82, 2.24) is 15.3 Å². The molecule has 1 unspecified atom stereocenters. The van der Waals surface area contributed by atoms with Crippen molar-refractivity contribution in [3.63, 3.8) is 0 Å². The smallest absolute Gasteiger partial charge is 0.233 e. The van der Waals surface area contributed by atoms with Crippen molar-refractivity contribution in [3.8, 4) is 5.88 Å². The fraction of sp³-hybridized carbons (Fsp3) is 0.692. The SMILES string of the molecule is COc1cncc(N(CC2CCCN2)C(C)C)n1. The van der Waals surface area contributed by atoms with Gasteiger partial charge in [-0.15, -0.1) is 0 Å². The van der Waals surface area contributed by atoms with E-state index in [0.29, 0.717) is 18.0 Å². The third-order valence-electron chi connectivity index (χ3n) is 3.31. The van der Waals surface area contributed by atoms with E-state index in [1.165, 1.54) is 12.8 Å². The highest BCUT2D eigenvalue weighted by atomic mass is 16.5. The molecule has 2 heterocycles. The van der Waals surface area contributed by atoms with Gasteiger partial charge in [-0.05, 0) is 33.2 Å². The van der Waals surface area contributed by atoms with Gasteiger partial charge in [-0.3, -0.25) is 4.98 Å². The predicted molar refractivity (Wildman–Crippen MR) is 72.1 cm³/mol. The summed E-state index contributed by atoms with van der Waals surface area (Å²) < 4.78 is 5.14. The molecule has 1 aliphatic rings. The minimum Gasteiger partial charge on any atom is -0.480 e. The number of aromatic nitrogens is 2. The van der Waals surface area contributed by atoms with E-state index in [1.807, 2.05) is 0 Å². The Balaban J connectivity index is 2.12. The summed E-state index contributed by atoms with van der Waals surface area (Å²) in [7, 11) is 1.62. The van der Waals surface area contributed by atoms with E-state index in [0.717, 1.165) is 18.9 Å². The van der Waals surface area contributed by atoms with E-state index in [2.05, 4.69) is 34.0 Å². The van der Waals surface area contributed by atoms with E-state index in [4.69, 9.17) is 4.74 Å². The first-order valence-corrected chi connectivity index (χ1v) is 6.56. The molecule has 0 aromatic carbocycles. The maximum Gasteiger partial charge on any atom is 0.233 e. The molecular formula is C13H22N4O. The van der Waals surface area contributed by atoms with Gasteiger partial charge in [0.05, 0.1) is 19.5 Å². The normalized spacial score (nSPS) is 19.2. The van der Waals surface area contributed by atoms with E-state index in [1.54, 1.807) is 19.5 Å². The highest BCUT2D eigenvalue weighted by molar-refractivity contribution is 5.39. The molecule has 1 fully saturated rings. The first-order valence-electron chi connectivity index (χ1n) is 6.56. The van der Waals surface area contributed by atoms with Crippen LogP contribution < -0.4 is 15.0 Å². The first kappa shape index (κ1) is 13.1. The van der Waals surface area contributed by atoms with Crippen LogP contribution in [0.25, 0.3) is 0 Å². The summed E-state index contributed by atoms with van der Waals surface area (Å²) in [5, 5.41) is 3.52. The maximum absolute atomic E-state index is 5.14. The second-order valence-electron chi connectivity index (χ2n) is 4.96. The van der Waals surface area contributed by atoms with Crippen molar-refractivity contribution in [2.75, 3.05) is 25.1 Å². The lowest BCUT2D eigenvalue weighted by atomic mass is 10.2. The molecule has 1 atom stereocenters. The maximum atomic E-state index is 5.14. The molecule has 5 heteroatoms. The van der Waals surface area contributed by atoms with E-state index < -0.39 is 0 Å². The summed E-state index contributed by atoms with van der Waals surface area (Å²) in [5.41, 5.74) is 0. The van der Waals surface area contributed by atoms with Gasteiger partial charge in [0.2, 0.25) is 5.88 Å². The molecule has 1 aromatic rings. The van der Waals surface area contributed by atoms with Crippen LogP contribution in [0.4, 0.5) is 5.82 Å². The summed E-state index contributed by atoms with van der Waals surface area (Å²) in [6.45, 7) is 6.45. The third-order valence-corrected chi connectivity index (χ3v) is 3.31. The Labute approximate surface area is 109 Å². The van der Waals surface area contributed by atoms with Gasteiger partial charge in [0, 0.05) is 18.6 Å². The Bertz CT molecular complexity index is 377. The van der Waals surface area contributed by atoms with E-state index in [-0.39, 0.29) is 0 Å². The van der Waals surface area contributed by atoms with Crippen LogP contribution in [0.2, 0.25) is 0 Å². The van der Waals surface area contributed by atoms with Crippen LogP contribution in [0.3, 0.4) is 0 Å². The standard InChI is InChI=1S/C13H22N4O/c1-10(2)17(9-11-5-4-6-15-11)12-7-14-8-13(16-12)18-3/h7-8,10-11,15H,4-6,9H2,1-3H3. The molecule has 0 saturated carbocycles. The van der Waals surface area contributed by atoms with E-state index >= 15 is 0 Å². The molecule has 1 aromatic heterocycles. The summed E-state index contributed by atoms with van der Waals surface area (Å²) >= 11 is 0.